The molecule has 0 aliphatic rings. The summed E-state index contributed by atoms with van der Waals surface area (Å²) in [6.45, 7) is 2.14. The second-order valence-electron chi connectivity index (χ2n) is 4.06. The van der Waals surface area contributed by atoms with Gasteiger partial charge in [0.25, 0.3) is 0 Å². The van der Waals surface area contributed by atoms with Crippen LogP contribution in [0.1, 0.15) is 22.8 Å². The summed E-state index contributed by atoms with van der Waals surface area (Å²) in [5, 5.41) is 17.6. The Balaban J connectivity index is 2.67. The Morgan fingerprint density at radius 1 is 1.47 bits per heavy atom. The van der Waals surface area contributed by atoms with Crippen molar-refractivity contribution in [3.05, 3.63) is 35.4 Å². The summed E-state index contributed by atoms with van der Waals surface area (Å²) >= 11 is 0. The minimum Gasteiger partial charge on any atom is -0.395 e. The lowest BCUT2D eigenvalue weighted by molar-refractivity contribution is 0.0890. The number of rotatable bonds is 5. The number of aliphatic hydroxyl groups excluding tert-OH is 1. The summed E-state index contributed by atoms with van der Waals surface area (Å²) in [4.78, 5) is 13.7. The van der Waals surface area contributed by atoms with Gasteiger partial charge in [0.15, 0.2) is 5.78 Å². The first-order chi connectivity index (χ1) is 8.08. The number of Topliss-reactive ketones (excluding diaryl/α,β-unsaturated/α-hetero) is 1. The third-order valence-corrected chi connectivity index (χ3v) is 2.75. The van der Waals surface area contributed by atoms with E-state index in [1.807, 2.05) is 13.0 Å². The van der Waals surface area contributed by atoms with Gasteiger partial charge >= 0.3 is 0 Å². The molecule has 0 amide bonds. The molecule has 1 unspecified atom stereocenters. The van der Waals surface area contributed by atoms with E-state index < -0.39 is 0 Å². The van der Waals surface area contributed by atoms with Crippen molar-refractivity contribution in [1.29, 1.82) is 5.26 Å². The molecule has 0 aliphatic carbocycles. The van der Waals surface area contributed by atoms with Crippen molar-refractivity contribution < 1.29 is 9.90 Å². The molecule has 0 heterocycles. The molecule has 1 N–H and O–H groups in total. The Labute approximate surface area is 101 Å². The summed E-state index contributed by atoms with van der Waals surface area (Å²) in [5.74, 6) is -0.0164. The van der Waals surface area contributed by atoms with E-state index in [2.05, 4.69) is 0 Å². The van der Waals surface area contributed by atoms with Crippen molar-refractivity contribution in [2.75, 3.05) is 20.2 Å². The van der Waals surface area contributed by atoms with Crippen molar-refractivity contribution in [1.82, 2.24) is 4.90 Å². The molecule has 17 heavy (non-hydrogen) atoms. The van der Waals surface area contributed by atoms with Crippen LogP contribution in [0, 0.1) is 11.3 Å². The molecule has 0 aromatic heterocycles. The molecule has 4 nitrogen and oxygen atoms in total. The molecule has 0 aliphatic heterocycles. The number of carbonyl (C=O) groups excluding carboxylic acids is 1. The average molecular weight is 232 g/mol. The summed E-state index contributed by atoms with van der Waals surface area (Å²) in [6.07, 6.45) is 0. The number of likely N-dealkylation sites (N-methyl/N-ethyl adjacent to an activating group) is 1. The maximum Gasteiger partial charge on any atom is 0.176 e. The zero-order valence-electron chi connectivity index (χ0n) is 10.1. The topological polar surface area (TPSA) is 64.3 Å². The van der Waals surface area contributed by atoms with E-state index >= 15 is 0 Å². The van der Waals surface area contributed by atoms with Crippen molar-refractivity contribution in [2.45, 2.75) is 13.0 Å². The first kappa shape index (κ1) is 13.4. The van der Waals surface area contributed by atoms with Crippen molar-refractivity contribution in [3.8, 4) is 6.07 Å². The van der Waals surface area contributed by atoms with Gasteiger partial charge in [-0.3, -0.25) is 9.69 Å². The molecule has 1 rings (SSSR count). The minimum absolute atomic E-state index is 0.0164. The lowest BCUT2D eigenvalue weighted by Crippen LogP contribution is -2.36. The number of aliphatic hydroxyl groups is 1. The fourth-order valence-corrected chi connectivity index (χ4v) is 1.34. The highest BCUT2D eigenvalue weighted by atomic mass is 16.3. The maximum absolute atomic E-state index is 11.9. The Bertz CT molecular complexity index is 420. The summed E-state index contributed by atoms with van der Waals surface area (Å²) in [6, 6.07) is 8.52. The number of nitrogens with zero attached hydrogens (tertiary/aromatic N) is 2. The number of hydrogen-bond donors (Lipinski definition) is 1. The van der Waals surface area contributed by atoms with Gasteiger partial charge in [-0.15, -0.1) is 0 Å². The summed E-state index contributed by atoms with van der Waals surface area (Å²) < 4.78 is 0. The molecule has 1 aromatic rings. The first-order valence-electron chi connectivity index (χ1n) is 5.43. The standard InChI is InChI=1S/C13H16N2O2/c1-10(9-16)15(2)8-13(17)12-5-3-11(7-14)4-6-12/h3-6,10,16H,8-9H2,1-2H3. The van der Waals surface area contributed by atoms with Crippen molar-refractivity contribution in [2.24, 2.45) is 0 Å². The summed E-state index contributed by atoms with van der Waals surface area (Å²) in [7, 11) is 1.79. The predicted molar refractivity (Wildman–Crippen MR) is 64.7 cm³/mol. The molecule has 0 spiro atoms. The van der Waals surface area contributed by atoms with Crippen molar-refractivity contribution in [3.63, 3.8) is 0 Å². The van der Waals surface area contributed by atoms with Gasteiger partial charge in [-0.25, -0.2) is 0 Å². The van der Waals surface area contributed by atoms with Gasteiger partial charge in [0, 0.05) is 11.6 Å². The van der Waals surface area contributed by atoms with Crippen LogP contribution in [-0.4, -0.2) is 42.0 Å². The SMILES string of the molecule is CC(CO)N(C)CC(=O)c1ccc(C#N)cc1. The Hall–Kier alpha value is -1.70. The van der Waals surface area contributed by atoms with Crippen LogP contribution >= 0.6 is 0 Å². The van der Waals surface area contributed by atoms with Crippen LogP contribution in [0.4, 0.5) is 0 Å². The van der Waals surface area contributed by atoms with Gasteiger partial charge < -0.3 is 5.11 Å². The third-order valence-electron chi connectivity index (χ3n) is 2.75. The molecule has 1 atom stereocenters. The Kier molecular flexibility index (Phi) is 4.83. The fraction of sp³-hybridized carbons (Fsp3) is 0.385. The van der Waals surface area contributed by atoms with E-state index in [4.69, 9.17) is 10.4 Å². The molecule has 0 bridgehead atoms. The molecule has 0 saturated carbocycles. The number of hydrogen-bond acceptors (Lipinski definition) is 4. The zero-order valence-corrected chi connectivity index (χ0v) is 10.1. The monoisotopic (exact) mass is 232 g/mol. The van der Waals surface area contributed by atoms with E-state index in [1.165, 1.54) is 0 Å². The summed E-state index contributed by atoms with van der Waals surface area (Å²) in [5.41, 5.74) is 1.12. The van der Waals surface area contributed by atoms with Crippen LogP contribution in [0.25, 0.3) is 0 Å². The molecular formula is C13H16N2O2. The quantitative estimate of drug-likeness (QED) is 0.771. The largest absolute Gasteiger partial charge is 0.395 e. The first-order valence-corrected chi connectivity index (χ1v) is 5.43. The van der Waals surface area contributed by atoms with Gasteiger partial charge in [-0.2, -0.15) is 5.26 Å². The molecular weight excluding hydrogens is 216 g/mol. The molecule has 0 saturated heterocycles. The highest BCUT2D eigenvalue weighted by Gasteiger charge is 2.13. The normalized spacial score (nSPS) is 12.2. The second-order valence-corrected chi connectivity index (χ2v) is 4.06. The lowest BCUT2D eigenvalue weighted by Gasteiger charge is -2.21. The van der Waals surface area contributed by atoms with E-state index in [9.17, 15) is 4.79 Å². The van der Waals surface area contributed by atoms with E-state index in [0.717, 1.165) is 0 Å². The number of carbonyl (C=O) groups is 1. The van der Waals surface area contributed by atoms with Crippen molar-refractivity contribution >= 4 is 5.78 Å². The van der Waals surface area contributed by atoms with Crippen LogP contribution in [-0.2, 0) is 0 Å². The minimum atomic E-state index is -0.0441. The highest BCUT2D eigenvalue weighted by molar-refractivity contribution is 5.97. The van der Waals surface area contributed by atoms with Gasteiger partial charge in [0.1, 0.15) is 0 Å². The second kappa shape index (κ2) is 6.14. The van der Waals surface area contributed by atoms with Crippen LogP contribution in [0.2, 0.25) is 0 Å². The zero-order chi connectivity index (χ0) is 12.8. The van der Waals surface area contributed by atoms with Gasteiger partial charge in [-0.1, -0.05) is 12.1 Å². The fourth-order valence-electron chi connectivity index (χ4n) is 1.34. The molecule has 90 valence electrons. The number of nitriles is 1. The average Bonchev–Trinajstić information content (AvgIpc) is 2.37. The number of ketones is 1. The van der Waals surface area contributed by atoms with Crippen LogP contribution in [0.5, 0.6) is 0 Å². The smallest absolute Gasteiger partial charge is 0.176 e. The Morgan fingerprint density at radius 3 is 2.53 bits per heavy atom. The van der Waals surface area contributed by atoms with E-state index in [-0.39, 0.29) is 25.0 Å². The highest BCUT2D eigenvalue weighted by Crippen LogP contribution is 2.06. The molecule has 4 heteroatoms. The third kappa shape index (κ3) is 3.66. The lowest BCUT2D eigenvalue weighted by atomic mass is 10.1. The van der Waals surface area contributed by atoms with Gasteiger partial charge in [0.05, 0.1) is 24.8 Å². The predicted octanol–water partition coefficient (Wildman–Crippen LogP) is 1.05. The molecule has 0 radical (unpaired) electrons. The number of benzene rings is 1. The van der Waals surface area contributed by atoms with E-state index in [0.29, 0.717) is 11.1 Å². The van der Waals surface area contributed by atoms with Crippen LogP contribution in [0.3, 0.4) is 0 Å². The molecule has 0 fully saturated rings. The maximum atomic E-state index is 11.9. The van der Waals surface area contributed by atoms with E-state index in [1.54, 1.807) is 36.2 Å². The molecule has 1 aromatic carbocycles. The van der Waals surface area contributed by atoms with Gasteiger partial charge in [-0.05, 0) is 26.1 Å². The van der Waals surface area contributed by atoms with Gasteiger partial charge in [0.2, 0.25) is 0 Å². The van der Waals surface area contributed by atoms with Crippen LogP contribution < -0.4 is 0 Å². The van der Waals surface area contributed by atoms with Crippen LogP contribution in [0.15, 0.2) is 24.3 Å². The Morgan fingerprint density at radius 2 is 2.06 bits per heavy atom.